The molecule has 1 fully saturated rings. The summed E-state index contributed by atoms with van der Waals surface area (Å²) in [6, 6.07) is 4.78. The van der Waals surface area contributed by atoms with E-state index in [4.69, 9.17) is 0 Å². The average molecular weight is 259 g/mol. The molecule has 1 aromatic rings. The maximum atomic E-state index is 12.5. The minimum Gasteiger partial charge on any atom is -0.296 e. The normalized spacial score (nSPS) is 16.3. The van der Waals surface area contributed by atoms with Crippen LogP contribution in [-0.4, -0.2) is 30.3 Å². The highest BCUT2D eigenvalue weighted by molar-refractivity contribution is 5.99. The Balaban J connectivity index is 2.09. The van der Waals surface area contributed by atoms with Crippen molar-refractivity contribution in [3.8, 4) is 0 Å². The van der Waals surface area contributed by atoms with Crippen LogP contribution in [0.3, 0.4) is 0 Å². The summed E-state index contributed by atoms with van der Waals surface area (Å²) in [5.41, 5.74) is 4.47. The number of aryl methyl sites for hydroxylation is 3. The van der Waals surface area contributed by atoms with Crippen LogP contribution in [0.1, 0.15) is 52.7 Å². The molecule has 0 bridgehead atoms. The molecule has 0 spiro atoms. The lowest BCUT2D eigenvalue weighted by atomic mass is 9.97. The van der Waals surface area contributed by atoms with Gasteiger partial charge in [-0.3, -0.25) is 9.69 Å². The van der Waals surface area contributed by atoms with E-state index in [1.54, 1.807) is 0 Å². The van der Waals surface area contributed by atoms with Crippen molar-refractivity contribution < 1.29 is 4.79 Å². The van der Waals surface area contributed by atoms with Gasteiger partial charge < -0.3 is 0 Å². The van der Waals surface area contributed by atoms with Crippen molar-refractivity contribution >= 4 is 5.78 Å². The molecular formula is C17H25NO. The average Bonchev–Trinajstić information content (AvgIpc) is 2.87. The molecule has 1 aliphatic carbocycles. The molecule has 1 saturated carbocycles. The predicted molar refractivity (Wildman–Crippen MR) is 79.9 cm³/mol. The molecule has 0 saturated heterocycles. The summed E-state index contributed by atoms with van der Waals surface area (Å²) in [5.74, 6) is 0.259. The SMILES string of the molecule is Cc1cc(C)c(C(=O)CN(C)C2CCCC2)cc1C. The molecule has 104 valence electrons. The molecule has 2 nitrogen and oxygen atoms in total. The van der Waals surface area contributed by atoms with Gasteiger partial charge in [-0.25, -0.2) is 0 Å². The fourth-order valence-electron chi connectivity index (χ4n) is 3.05. The summed E-state index contributed by atoms with van der Waals surface area (Å²) in [6.45, 7) is 6.76. The molecule has 1 aliphatic rings. The summed E-state index contributed by atoms with van der Waals surface area (Å²) in [5, 5.41) is 0. The van der Waals surface area contributed by atoms with Crippen LogP contribution in [0.5, 0.6) is 0 Å². The Hall–Kier alpha value is -1.15. The van der Waals surface area contributed by atoms with Crippen LogP contribution in [-0.2, 0) is 0 Å². The number of likely N-dealkylation sites (N-methyl/N-ethyl adjacent to an activating group) is 1. The highest BCUT2D eigenvalue weighted by atomic mass is 16.1. The number of Topliss-reactive ketones (excluding diaryl/α,β-unsaturated/α-hetero) is 1. The Morgan fingerprint density at radius 2 is 1.68 bits per heavy atom. The van der Waals surface area contributed by atoms with E-state index in [1.807, 2.05) is 6.92 Å². The number of carbonyl (C=O) groups is 1. The Kier molecular flexibility index (Phi) is 4.41. The molecule has 2 heteroatoms. The lowest BCUT2D eigenvalue weighted by Crippen LogP contribution is -2.34. The first-order chi connectivity index (χ1) is 8.99. The van der Waals surface area contributed by atoms with E-state index in [1.165, 1.54) is 36.8 Å². The number of carbonyl (C=O) groups excluding carboxylic acids is 1. The van der Waals surface area contributed by atoms with E-state index < -0.39 is 0 Å². The maximum absolute atomic E-state index is 12.5. The first kappa shape index (κ1) is 14.3. The molecule has 0 amide bonds. The molecule has 0 heterocycles. The van der Waals surface area contributed by atoms with Gasteiger partial charge >= 0.3 is 0 Å². The predicted octanol–water partition coefficient (Wildman–Crippen LogP) is 3.67. The van der Waals surface area contributed by atoms with E-state index in [2.05, 4.69) is 37.9 Å². The van der Waals surface area contributed by atoms with Crippen molar-refractivity contribution in [1.82, 2.24) is 4.90 Å². The molecule has 0 radical (unpaired) electrons. The van der Waals surface area contributed by atoms with Crippen molar-refractivity contribution in [2.75, 3.05) is 13.6 Å². The van der Waals surface area contributed by atoms with Gasteiger partial charge in [0.15, 0.2) is 5.78 Å². The van der Waals surface area contributed by atoms with Gasteiger partial charge in [-0.2, -0.15) is 0 Å². The van der Waals surface area contributed by atoms with Crippen molar-refractivity contribution in [3.63, 3.8) is 0 Å². The van der Waals surface area contributed by atoms with Gasteiger partial charge in [0.1, 0.15) is 0 Å². The van der Waals surface area contributed by atoms with Gasteiger partial charge in [0.25, 0.3) is 0 Å². The monoisotopic (exact) mass is 259 g/mol. The van der Waals surface area contributed by atoms with Gasteiger partial charge in [0.2, 0.25) is 0 Å². The first-order valence-corrected chi connectivity index (χ1v) is 7.30. The summed E-state index contributed by atoms with van der Waals surface area (Å²) < 4.78 is 0. The fraction of sp³-hybridized carbons (Fsp3) is 0.588. The third-order valence-electron chi connectivity index (χ3n) is 4.48. The van der Waals surface area contributed by atoms with Crippen molar-refractivity contribution in [3.05, 3.63) is 34.4 Å². The van der Waals surface area contributed by atoms with Gasteiger partial charge in [-0.05, 0) is 63.4 Å². The zero-order valence-corrected chi connectivity index (χ0v) is 12.6. The molecule has 0 aromatic heterocycles. The zero-order valence-electron chi connectivity index (χ0n) is 12.6. The zero-order chi connectivity index (χ0) is 14.0. The quantitative estimate of drug-likeness (QED) is 0.769. The summed E-state index contributed by atoms with van der Waals surface area (Å²) in [6.07, 6.45) is 5.11. The largest absolute Gasteiger partial charge is 0.296 e. The Bertz CT molecular complexity index is 472. The minimum atomic E-state index is 0.259. The number of ketones is 1. The van der Waals surface area contributed by atoms with Crippen molar-refractivity contribution in [2.45, 2.75) is 52.5 Å². The molecule has 0 aliphatic heterocycles. The van der Waals surface area contributed by atoms with Crippen molar-refractivity contribution in [2.24, 2.45) is 0 Å². The number of rotatable bonds is 4. The van der Waals surface area contributed by atoms with Gasteiger partial charge in [0, 0.05) is 11.6 Å². The molecule has 0 unspecified atom stereocenters. The second kappa shape index (κ2) is 5.87. The molecule has 1 aromatic carbocycles. The van der Waals surface area contributed by atoms with Gasteiger partial charge in [-0.15, -0.1) is 0 Å². The lowest BCUT2D eigenvalue weighted by molar-refractivity contribution is 0.0920. The van der Waals surface area contributed by atoms with E-state index in [0.717, 1.165) is 11.1 Å². The molecule has 2 rings (SSSR count). The Labute approximate surface area is 116 Å². The Morgan fingerprint density at radius 1 is 1.11 bits per heavy atom. The van der Waals surface area contributed by atoms with Crippen molar-refractivity contribution in [1.29, 1.82) is 0 Å². The number of hydrogen-bond acceptors (Lipinski definition) is 2. The summed E-state index contributed by atoms with van der Waals surface area (Å²) in [4.78, 5) is 14.7. The smallest absolute Gasteiger partial charge is 0.177 e. The van der Waals surface area contributed by atoms with Crippen LogP contribution in [0.2, 0.25) is 0 Å². The standard InChI is InChI=1S/C17H25NO/c1-12-9-14(3)16(10-13(12)2)17(19)11-18(4)15-7-5-6-8-15/h9-10,15H,5-8,11H2,1-4H3. The topological polar surface area (TPSA) is 20.3 Å². The molecule has 19 heavy (non-hydrogen) atoms. The fourth-order valence-corrected chi connectivity index (χ4v) is 3.05. The first-order valence-electron chi connectivity index (χ1n) is 7.30. The number of hydrogen-bond donors (Lipinski definition) is 0. The Morgan fingerprint density at radius 3 is 2.32 bits per heavy atom. The lowest BCUT2D eigenvalue weighted by Gasteiger charge is -2.23. The van der Waals surface area contributed by atoms with Crippen LogP contribution >= 0.6 is 0 Å². The number of benzene rings is 1. The highest BCUT2D eigenvalue weighted by Crippen LogP contribution is 2.23. The molecule has 0 atom stereocenters. The third-order valence-corrected chi connectivity index (χ3v) is 4.48. The van der Waals surface area contributed by atoms with E-state index in [9.17, 15) is 4.79 Å². The van der Waals surface area contributed by atoms with E-state index in [0.29, 0.717) is 12.6 Å². The van der Waals surface area contributed by atoms with Crippen LogP contribution in [0.15, 0.2) is 12.1 Å². The third kappa shape index (κ3) is 3.24. The summed E-state index contributed by atoms with van der Waals surface area (Å²) in [7, 11) is 2.09. The van der Waals surface area contributed by atoms with Crippen LogP contribution < -0.4 is 0 Å². The number of nitrogens with zero attached hydrogens (tertiary/aromatic N) is 1. The molecular weight excluding hydrogens is 234 g/mol. The van der Waals surface area contributed by atoms with Gasteiger partial charge in [-0.1, -0.05) is 18.9 Å². The maximum Gasteiger partial charge on any atom is 0.177 e. The van der Waals surface area contributed by atoms with E-state index >= 15 is 0 Å². The van der Waals surface area contributed by atoms with E-state index in [-0.39, 0.29) is 5.78 Å². The van der Waals surface area contributed by atoms with Crippen LogP contribution in [0.4, 0.5) is 0 Å². The van der Waals surface area contributed by atoms with Crippen LogP contribution in [0, 0.1) is 20.8 Å². The molecule has 0 N–H and O–H groups in total. The van der Waals surface area contributed by atoms with Gasteiger partial charge in [0.05, 0.1) is 6.54 Å². The highest BCUT2D eigenvalue weighted by Gasteiger charge is 2.22. The summed E-state index contributed by atoms with van der Waals surface area (Å²) >= 11 is 0. The van der Waals surface area contributed by atoms with Crippen LogP contribution in [0.25, 0.3) is 0 Å². The second-order valence-corrected chi connectivity index (χ2v) is 6.03. The second-order valence-electron chi connectivity index (χ2n) is 6.03. The minimum absolute atomic E-state index is 0.259.